The van der Waals surface area contributed by atoms with Crippen LogP contribution in [-0.4, -0.2) is 23.6 Å². The summed E-state index contributed by atoms with van der Waals surface area (Å²) in [6, 6.07) is 9.61. The van der Waals surface area contributed by atoms with Gasteiger partial charge in [0.05, 0.1) is 0 Å². The van der Waals surface area contributed by atoms with E-state index in [1.54, 1.807) is 12.3 Å². The molecule has 2 heterocycles. The number of hydrogen-bond donors (Lipinski definition) is 1. The van der Waals surface area contributed by atoms with Crippen molar-refractivity contribution in [2.45, 2.75) is 6.42 Å². The Balaban J connectivity index is 1.96. The van der Waals surface area contributed by atoms with E-state index < -0.39 is 0 Å². The van der Waals surface area contributed by atoms with Crippen molar-refractivity contribution in [2.24, 2.45) is 0 Å². The lowest BCUT2D eigenvalue weighted by molar-refractivity contribution is 0.839. The molecule has 2 rings (SSSR count). The van der Waals surface area contributed by atoms with Crippen LogP contribution in [0.1, 0.15) is 5.69 Å². The summed E-state index contributed by atoms with van der Waals surface area (Å²) < 4.78 is 0. The average Bonchev–Trinajstić information content (AvgIpc) is 2.37. The fourth-order valence-corrected chi connectivity index (χ4v) is 1.59. The van der Waals surface area contributed by atoms with Gasteiger partial charge in [-0.05, 0) is 18.2 Å². The largest absolute Gasteiger partial charge is 0.399 e. The Morgan fingerprint density at radius 3 is 2.76 bits per heavy atom. The van der Waals surface area contributed by atoms with Gasteiger partial charge in [-0.25, -0.2) is 4.98 Å². The summed E-state index contributed by atoms with van der Waals surface area (Å²) in [5.74, 6) is 0.890. The third-order valence-electron chi connectivity index (χ3n) is 2.59. The molecule has 17 heavy (non-hydrogen) atoms. The van der Waals surface area contributed by atoms with Gasteiger partial charge in [-0.3, -0.25) is 4.98 Å². The molecule has 0 fully saturated rings. The summed E-state index contributed by atoms with van der Waals surface area (Å²) in [6.45, 7) is 0.869. The first-order valence-electron chi connectivity index (χ1n) is 5.58. The maximum atomic E-state index is 5.72. The van der Waals surface area contributed by atoms with Gasteiger partial charge in [0, 0.05) is 49.9 Å². The van der Waals surface area contributed by atoms with E-state index in [9.17, 15) is 0 Å². The molecule has 4 nitrogen and oxygen atoms in total. The number of likely N-dealkylation sites (N-methyl/N-ethyl adjacent to an activating group) is 1. The summed E-state index contributed by atoms with van der Waals surface area (Å²) >= 11 is 0. The molecule has 4 heteroatoms. The van der Waals surface area contributed by atoms with Gasteiger partial charge in [0.25, 0.3) is 0 Å². The SMILES string of the molecule is CN(CCc1ccccn1)c1cc(N)ccn1. The van der Waals surface area contributed by atoms with Crippen LogP contribution in [0.15, 0.2) is 42.7 Å². The second-order valence-corrected chi connectivity index (χ2v) is 3.94. The number of aromatic nitrogens is 2. The quantitative estimate of drug-likeness (QED) is 0.866. The van der Waals surface area contributed by atoms with Gasteiger partial charge in [0.15, 0.2) is 0 Å². The molecule has 0 bridgehead atoms. The molecule has 0 radical (unpaired) electrons. The van der Waals surface area contributed by atoms with Crippen molar-refractivity contribution >= 4 is 11.5 Å². The molecule has 0 aliphatic heterocycles. The molecule has 0 unspecified atom stereocenters. The number of rotatable bonds is 4. The van der Waals surface area contributed by atoms with E-state index in [4.69, 9.17) is 5.73 Å². The molecule has 0 aliphatic rings. The molecule has 0 spiro atoms. The van der Waals surface area contributed by atoms with Crippen LogP contribution in [0.5, 0.6) is 0 Å². The van der Waals surface area contributed by atoms with Crippen molar-refractivity contribution in [2.75, 3.05) is 24.2 Å². The van der Waals surface area contributed by atoms with Gasteiger partial charge in [-0.15, -0.1) is 0 Å². The first kappa shape index (κ1) is 11.4. The van der Waals surface area contributed by atoms with Crippen LogP contribution in [-0.2, 0) is 6.42 Å². The minimum atomic E-state index is 0.736. The molecular formula is C13H16N4. The van der Waals surface area contributed by atoms with Gasteiger partial charge in [-0.2, -0.15) is 0 Å². The lowest BCUT2D eigenvalue weighted by Gasteiger charge is -2.17. The van der Waals surface area contributed by atoms with E-state index in [0.29, 0.717) is 0 Å². The zero-order chi connectivity index (χ0) is 12.1. The van der Waals surface area contributed by atoms with Gasteiger partial charge in [0.1, 0.15) is 5.82 Å². The fourth-order valence-electron chi connectivity index (χ4n) is 1.59. The fraction of sp³-hybridized carbons (Fsp3) is 0.231. The van der Waals surface area contributed by atoms with E-state index in [0.717, 1.165) is 30.2 Å². The Morgan fingerprint density at radius 1 is 1.18 bits per heavy atom. The topological polar surface area (TPSA) is 55.0 Å². The Morgan fingerprint density at radius 2 is 2.06 bits per heavy atom. The molecule has 0 amide bonds. The zero-order valence-electron chi connectivity index (χ0n) is 9.87. The lowest BCUT2D eigenvalue weighted by atomic mass is 10.2. The number of anilines is 2. The second-order valence-electron chi connectivity index (χ2n) is 3.94. The molecule has 0 aromatic carbocycles. The van der Waals surface area contributed by atoms with Crippen molar-refractivity contribution in [1.82, 2.24) is 9.97 Å². The summed E-state index contributed by atoms with van der Waals surface area (Å²) in [5, 5.41) is 0. The van der Waals surface area contributed by atoms with Crippen LogP contribution < -0.4 is 10.6 Å². The minimum absolute atomic E-state index is 0.736. The highest BCUT2D eigenvalue weighted by Crippen LogP contribution is 2.12. The van der Waals surface area contributed by atoms with Crippen LogP contribution >= 0.6 is 0 Å². The number of nitrogen functional groups attached to an aromatic ring is 1. The normalized spacial score (nSPS) is 10.2. The summed E-state index contributed by atoms with van der Waals surface area (Å²) in [6.07, 6.45) is 4.43. The predicted octanol–water partition coefficient (Wildman–Crippen LogP) is 1.74. The highest BCUT2D eigenvalue weighted by molar-refractivity contribution is 5.49. The van der Waals surface area contributed by atoms with Crippen LogP contribution in [0.3, 0.4) is 0 Å². The van der Waals surface area contributed by atoms with E-state index in [1.165, 1.54) is 0 Å². The van der Waals surface area contributed by atoms with Gasteiger partial charge in [0.2, 0.25) is 0 Å². The summed E-state index contributed by atoms with van der Waals surface area (Å²) in [7, 11) is 2.00. The molecular weight excluding hydrogens is 212 g/mol. The van der Waals surface area contributed by atoms with Crippen LogP contribution in [0.4, 0.5) is 11.5 Å². The molecule has 0 saturated heterocycles. The van der Waals surface area contributed by atoms with Crippen molar-refractivity contribution in [1.29, 1.82) is 0 Å². The monoisotopic (exact) mass is 228 g/mol. The first-order valence-corrected chi connectivity index (χ1v) is 5.58. The van der Waals surface area contributed by atoms with Crippen LogP contribution in [0.25, 0.3) is 0 Å². The molecule has 0 aliphatic carbocycles. The maximum absolute atomic E-state index is 5.72. The highest BCUT2D eigenvalue weighted by Gasteiger charge is 2.03. The van der Waals surface area contributed by atoms with Gasteiger partial charge in [-0.1, -0.05) is 6.07 Å². The average molecular weight is 228 g/mol. The number of hydrogen-bond acceptors (Lipinski definition) is 4. The third kappa shape index (κ3) is 3.17. The Bertz CT molecular complexity index is 470. The second kappa shape index (κ2) is 5.30. The molecule has 2 aromatic heterocycles. The van der Waals surface area contributed by atoms with Crippen LogP contribution in [0, 0.1) is 0 Å². The number of nitrogens with two attached hydrogens (primary N) is 1. The van der Waals surface area contributed by atoms with Crippen molar-refractivity contribution in [3.8, 4) is 0 Å². The van der Waals surface area contributed by atoms with Gasteiger partial charge < -0.3 is 10.6 Å². The maximum Gasteiger partial charge on any atom is 0.130 e. The molecule has 0 atom stereocenters. The van der Waals surface area contributed by atoms with E-state index in [-0.39, 0.29) is 0 Å². The van der Waals surface area contributed by atoms with Crippen molar-refractivity contribution in [3.63, 3.8) is 0 Å². The molecule has 2 N–H and O–H groups in total. The standard InChI is InChI=1S/C13H16N4/c1-17(13-10-11(14)5-8-16-13)9-6-12-4-2-3-7-15-12/h2-5,7-8,10H,6,9H2,1H3,(H2,14,16). The van der Waals surface area contributed by atoms with E-state index in [2.05, 4.69) is 14.9 Å². The Labute approximate surface area is 101 Å². The minimum Gasteiger partial charge on any atom is -0.399 e. The smallest absolute Gasteiger partial charge is 0.130 e. The van der Waals surface area contributed by atoms with E-state index >= 15 is 0 Å². The first-order chi connectivity index (χ1) is 8.25. The van der Waals surface area contributed by atoms with Crippen molar-refractivity contribution in [3.05, 3.63) is 48.4 Å². The number of nitrogens with zero attached hydrogens (tertiary/aromatic N) is 3. The highest BCUT2D eigenvalue weighted by atomic mass is 15.2. The lowest BCUT2D eigenvalue weighted by Crippen LogP contribution is -2.21. The zero-order valence-corrected chi connectivity index (χ0v) is 9.87. The van der Waals surface area contributed by atoms with E-state index in [1.807, 2.05) is 37.5 Å². The Kier molecular flexibility index (Phi) is 3.55. The summed E-state index contributed by atoms with van der Waals surface area (Å²) in [5.41, 5.74) is 7.55. The Hall–Kier alpha value is -2.10. The summed E-state index contributed by atoms with van der Waals surface area (Å²) in [4.78, 5) is 10.6. The van der Waals surface area contributed by atoms with Crippen molar-refractivity contribution < 1.29 is 0 Å². The third-order valence-corrected chi connectivity index (χ3v) is 2.59. The molecule has 88 valence electrons. The number of pyridine rings is 2. The molecule has 0 saturated carbocycles. The van der Waals surface area contributed by atoms with Crippen LogP contribution in [0.2, 0.25) is 0 Å². The molecule has 2 aromatic rings. The predicted molar refractivity (Wildman–Crippen MR) is 69.9 cm³/mol. The van der Waals surface area contributed by atoms with Gasteiger partial charge >= 0.3 is 0 Å².